The van der Waals surface area contributed by atoms with Gasteiger partial charge >= 0.3 is 43.4 Å². The molecule has 2 rings (SSSR count). The zero-order valence-electron chi connectivity index (χ0n) is 9.16. The third-order valence-corrected chi connectivity index (χ3v) is 1.30. The molecule has 0 fully saturated rings. The van der Waals surface area contributed by atoms with Crippen molar-refractivity contribution in [3.8, 4) is 11.8 Å². The van der Waals surface area contributed by atoms with Crippen molar-refractivity contribution in [2.45, 2.75) is 0 Å². The summed E-state index contributed by atoms with van der Waals surface area (Å²) in [6.07, 6.45) is 3.07. The van der Waals surface area contributed by atoms with Gasteiger partial charge in [-0.1, -0.05) is 12.1 Å². The maximum Gasteiger partial charge on any atom is 4.00 e. The van der Waals surface area contributed by atoms with Gasteiger partial charge in [-0.25, -0.2) is 9.97 Å². The Morgan fingerprint density at radius 2 is 1.06 bits per heavy atom. The van der Waals surface area contributed by atoms with Crippen LogP contribution in [-0.2, 0) is 43.4 Å². The summed E-state index contributed by atoms with van der Waals surface area (Å²) in [6.45, 7) is 0. The summed E-state index contributed by atoms with van der Waals surface area (Å²) >= 11 is 0. The number of halogens is 2. The molecule has 18 heavy (non-hydrogen) atoms. The molecule has 0 aliphatic carbocycles. The fraction of sp³-hybridized carbons (Fsp3) is 0. The van der Waals surface area contributed by atoms with Crippen LogP contribution in [0.1, 0.15) is 0 Å². The van der Waals surface area contributed by atoms with Crippen LogP contribution in [0.5, 0.6) is 11.8 Å². The number of hydrogen-bond donors (Lipinski definition) is 2. The van der Waals surface area contributed by atoms with E-state index in [1.807, 2.05) is 0 Å². The van der Waals surface area contributed by atoms with Crippen molar-refractivity contribution in [3.05, 3.63) is 48.8 Å². The Kier molecular flexibility index (Phi) is 24.9. The van der Waals surface area contributed by atoms with Crippen LogP contribution in [0.2, 0.25) is 0 Å². The zero-order chi connectivity index (χ0) is 10.2. The topological polar surface area (TPSA) is 66.2 Å². The number of nitrogens with zero attached hydrogens (tertiary/aromatic N) is 2. The second-order valence-corrected chi connectivity index (χ2v) is 2.38. The minimum absolute atomic E-state index is 0. The normalized spacial score (nSPS) is 6.67. The molecule has 0 unspecified atom stereocenters. The molecular formula is C10H10Cl2N2O2Ti2+4. The van der Waals surface area contributed by atoms with Gasteiger partial charge in [-0.05, 0) is 12.1 Å². The van der Waals surface area contributed by atoms with E-state index in [0.29, 0.717) is 0 Å². The van der Waals surface area contributed by atoms with Crippen LogP contribution >= 0.6 is 0 Å². The summed E-state index contributed by atoms with van der Waals surface area (Å²) < 4.78 is 0. The van der Waals surface area contributed by atoms with Crippen LogP contribution in [0.25, 0.3) is 0 Å². The van der Waals surface area contributed by atoms with Crippen LogP contribution < -0.4 is 24.8 Å². The van der Waals surface area contributed by atoms with Crippen LogP contribution in [0, 0.1) is 0 Å². The summed E-state index contributed by atoms with van der Waals surface area (Å²) in [7, 11) is 0. The van der Waals surface area contributed by atoms with E-state index < -0.39 is 0 Å². The van der Waals surface area contributed by atoms with E-state index in [1.54, 1.807) is 24.3 Å². The molecule has 0 aromatic carbocycles. The van der Waals surface area contributed by atoms with Gasteiger partial charge in [-0.3, -0.25) is 0 Å². The molecule has 90 valence electrons. The second-order valence-electron chi connectivity index (χ2n) is 2.38. The first kappa shape index (κ1) is 26.5. The van der Waals surface area contributed by atoms with Crippen molar-refractivity contribution in [1.29, 1.82) is 0 Å². The van der Waals surface area contributed by atoms with Gasteiger partial charge in [0.2, 0.25) is 11.8 Å². The maximum absolute atomic E-state index is 8.52. The van der Waals surface area contributed by atoms with Crippen LogP contribution in [0.4, 0.5) is 0 Å². The van der Waals surface area contributed by atoms with Gasteiger partial charge in [0.15, 0.2) is 0 Å². The molecule has 2 aromatic heterocycles. The van der Waals surface area contributed by atoms with E-state index in [1.165, 1.54) is 24.5 Å². The van der Waals surface area contributed by atoms with Gasteiger partial charge in [0, 0.05) is 24.5 Å². The SMILES string of the molecule is Oc1ccccn1.Oc1ccccn1.[Cl-].[Cl-].[Ti+2].[Ti+4]. The predicted octanol–water partition coefficient (Wildman–Crippen LogP) is -4.42. The van der Waals surface area contributed by atoms with E-state index in [4.69, 9.17) is 10.2 Å². The fourth-order valence-corrected chi connectivity index (χ4v) is 0.707. The molecule has 2 heterocycles. The Labute approximate surface area is 148 Å². The van der Waals surface area contributed by atoms with Crippen LogP contribution in [0.15, 0.2) is 48.8 Å². The van der Waals surface area contributed by atoms with Gasteiger partial charge in [0.1, 0.15) is 0 Å². The molecule has 8 heteroatoms. The van der Waals surface area contributed by atoms with Crippen molar-refractivity contribution in [3.63, 3.8) is 0 Å². The minimum atomic E-state index is 0. The number of pyridine rings is 2. The molecule has 0 bridgehead atoms. The first-order valence-electron chi connectivity index (χ1n) is 3.99. The number of hydrogen-bond acceptors (Lipinski definition) is 4. The molecule has 4 nitrogen and oxygen atoms in total. The summed E-state index contributed by atoms with van der Waals surface area (Å²) in [5.74, 6) is 0.144. The summed E-state index contributed by atoms with van der Waals surface area (Å²) in [5.41, 5.74) is 0. The van der Waals surface area contributed by atoms with Crippen molar-refractivity contribution < 1.29 is 78.5 Å². The van der Waals surface area contributed by atoms with Crippen LogP contribution in [-0.4, -0.2) is 20.2 Å². The van der Waals surface area contributed by atoms with Gasteiger partial charge in [0.05, 0.1) is 0 Å². The molecule has 0 aliphatic heterocycles. The third-order valence-electron chi connectivity index (χ3n) is 1.30. The number of rotatable bonds is 0. The molecule has 0 spiro atoms. The third kappa shape index (κ3) is 14.0. The Morgan fingerprint density at radius 1 is 0.722 bits per heavy atom. The van der Waals surface area contributed by atoms with E-state index in [0.717, 1.165) is 0 Å². The largest absolute Gasteiger partial charge is 4.00 e. The van der Waals surface area contributed by atoms with E-state index in [9.17, 15) is 0 Å². The molecule has 2 aromatic rings. The smallest absolute Gasteiger partial charge is 1.00 e. The molecule has 2 N–H and O–H groups in total. The van der Waals surface area contributed by atoms with Crippen molar-refractivity contribution in [1.82, 2.24) is 9.97 Å². The average molecular weight is 357 g/mol. The number of aromatic hydroxyl groups is 2. The van der Waals surface area contributed by atoms with Crippen molar-refractivity contribution >= 4 is 0 Å². The van der Waals surface area contributed by atoms with Gasteiger partial charge in [0.25, 0.3) is 0 Å². The zero-order valence-corrected chi connectivity index (χ0v) is 13.8. The first-order chi connectivity index (χ1) is 6.79. The van der Waals surface area contributed by atoms with Crippen molar-refractivity contribution in [2.75, 3.05) is 0 Å². The van der Waals surface area contributed by atoms with Crippen molar-refractivity contribution in [2.24, 2.45) is 0 Å². The molecule has 0 radical (unpaired) electrons. The number of aromatic nitrogens is 2. The first-order valence-corrected chi connectivity index (χ1v) is 3.99. The summed E-state index contributed by atoms with van der Waals surface area (Å²) in [6, 6.07) is 10.0. The molecule has 0 atom stereocenters. The standard InChI is InChI=1S/2C5H5NO.2ClH.2Ti/c2*7-5-3-1-2-4-6-5;;;;/h2*1-4H,(H,6,7);2*1H;;/q;;;;+2;+4/p-2. The van der Waals surface area contributed by atoms with Gasteiger partial charge in [-0.2, -0.15) is 0 Å². The minimum Gasteiger partial charge on any atom is -1.00 e. The molecule has 0 saturated carbocycles. The Hall–Kier alpha value is -0.0914. The summed E-state index contributed by atoms with van der Waals surface area (Å²) in [4.78, 5) is 7.07. The monoisotopic (exact) mass is 356 g/mol. The van der Waals surface area contributed by atoms with E-state index >= 15 is 0 Å². The molecular weight excluding hydrogens is 347 g/mol. The molecule has 0 saturated heterocycles. The Bertz CT molecular complexity index is 331. The van der Waals surface area contributed by atoms with Crippen LogP contribution in [0.3, 0.4) is 0 Å². The Morgan fingerprint density at radius 3 is 1.17 bits per heavy atom. The van der Waals surface area contributed by atoms with Gasteiger partial charge in [-0.15, -0.1) is 0 Å². The van der Waals surface area contributed by atoms with E-state index in [2.05, 4.69) is 9.97 Å². The average Bonchev–Trinajstić information content (AvgIpc) is 2.21. The maximum atomic E-state index is 8.52. The molecule has 0 amide bonds. The van der Waals surface area contributed by atoms with Gasteiger partial charge < -0.3 is 35.0 Å². The Balaban J connectivity index is -0.0000000891. The summed E-state index contributed by atoms with van der Waals surface area (Å²) in [5, 5.41) is 17.0. The molecule has 0 aliphatic rings. The fourth-order valence-electron chi connectivity index (χ4n) is 0.707. The second kappa shape index (κ2) is 16.9. The quantitative estimate of drug-likeness (QED) is 0.468. The predicted molar refractivity (Wildman–Crippen MR) is 51.8 cm³/mol. The van der Waals surface area contributed by atoms with E-state index in [-0.39, 0.29) is 80.0 Å².